The largest absolute Gasteiger partial charge is 0.314 e. The summed E-state index contributed by atoms with van der Waals surface area (Å²) in [7, 11) is 1.87. The van der Waals surface area contributed by atoms with Crippen LogP contribution in [0, 0.1) is 0 Å². The average molecular weight is 314 g/mol. The summed E-state index contributed by atoms with van der Waals surface area (Å²) in [5, 5.41) is 1.11. The van der Waals surface area contributed by atoms with E-state index < -0.39 is 5.41 Å². The molecule has 0 bridgehead atoms. The Balaban J connectivity index is 2.09. The van der Waals surface area contributed by atoms with E-state index in [0.29, 0.717) is 0 Å². The second-order valence-corrected chi connectivity index (χ2v) is 7.79. The summed E-state index contributed by atoms with van der Waals surface area (Å²) in [6, 6.07) is 6.42. The Bertz CT molecular complexity index is 716. The summed E-state index contributed by atoms with van der Waals surface area (Å²) in [5.74, 6) is 0.164. The molecule has 0 N–H and O–H groups in total. The van der Waals surface area contributed by atoms with Crippen LogP contribution in [0.5, 0.6) is 0 Å². The van der Waals surface area contributed by atoms with Crippen LogP contribution < -0.4 is 4.90 Å². The molecule has 3 nitrogen and oxygen atoms in total. The van der Waals surface area contributed by atoms with E-state index in [1.54, 1.807) is 16.7 Å². The number of thioether (sulfide) groups is 1. The van der Waals surface area contributed by atoms with Gasteiger partial charge in [-0.15, -0.1) is 0 Å². The molecule has 0 radical (unpaired) electrons. The minimum absolute atomic E-state index is 0.164. The maximum Gasteiger partial charge on any atom is 0.236 e. The van der Waals surface area contributed by atoms with Gasteiger partial charge < -0.3 is 4.90 Å². The smallest absolute Gasteiger partial charge is 0.236 e. The number of rotatable bonds is 1. The molecule has 22 heavy (non-hydrogen) atoms. The van der Waals surface area contributed by atoms with Gasteiger partial charge in [-0.05, 0) is 51.3 Å². The number of hydrogen-bond donors (Lipinski definition) is 0. The Morgan fingerprint density at radius 1 is 1.27 bits per heavy atom. The van der Waals surface area contributed by atoms with Crippen molar-refractivity contribution in [3.8, 4) is 0 Å². The van der Waals surface area contributed by atoms with Gasteiger partial charge in [-0.3, -0.25) is 9.79 Å². The fourth-order valence-electron chi connectivity index (χ4n) is 3.19. The minimum atomic E-state index is -0.431. The van der Waals surface area contributed by atoms with Crippen LogP contribution in [0.3, 0.4) is 0 Å². The van der Waals surface area contributed by atoms with Gasteiger partial charge >= 0.3 is 0 Å². The normalized spacial score (nSPS) is 20.9. The van der Waals surface area contributed by atoms with E-state index in [4.69, 9.17) is 0 Å². The van der Waals surface area contributed by atoms with Gasteiger partial charge in [-0.25, -0.2) is 0 Å². The highest BCUT2D eigenvalue weighted by Gasteiger charge is 2.42. The Morgan fingerprint density at radius 2 is 2.00 bits per heavy atom. The molecule has 2 aliphatic heterocycles. The third-order valence-electron chi connectivity index (χ3n) is 4.59. The molecule has 1 aromatic carbocycles. The number of anilines is 1. The third-order valence-corrected chi connectivity index (χ3v) is 5.81. The first kappa shape index (κ1) is 15.3. The molecule has 0 unspecified atom stereocenters. The van der Waals surface area contributed by atoms with Crippen molar-refractivity contribution in [1.82, 2.24) is 0 Å². The molecule has 2 heterocycles. The number of aliphatic imine (C=N–C) groups is 1. The van der Waals surface area contributed by atoms with Gasteiger partial charge in [0.05, 0.1) is 10.5 Å². The predicted molar refractivity (Wildman–Crippen MR) is 95.7 cm³/mol. The van der Waals surface area contributed by atoms with Gasteiger partial charge in [0.25, 0.3) is 0 Å². The van der Waals surface area contributed by atoms with Crippen LogP contribution in [0.25, 0.3) is 4.91 Å². The maximum absolute atomic E-state index is 12.4. The molecule has 0 saturated carbocycles. The topological polar surface area (TPSA) is 32.7 Å². The van der Waals surface area contributed by atoms with Crippen LogP contribution in [-0.4, -0.2) is 24.5 Å². The number of carbonyl (C=O) groups excluding carboxylic acids is 1. The molecule has 0 spiro atoms. The number of likely N-dealkylation sites (N-methyl/N-ethyl adjacent to an activating group) is 1. The Morgan fingerprint density at radius 3 is 2.73 bits per heavy atom. The van der Waals surface area contributed by atoms with Gasteiger partial charge in [-0.2, -0.15) is 0 Å². The zero-order chi connectivity index (χ0) is 16.1. The lowest BCUT2D eigenvalue weighted by Gasteiger charge is -2.16. The minimum Gasteiger partial charge on any atom is -0.314 e. The lowest BCUT2D eigenvalue weighted by Crippen LogP contribution is -2.33. The van der Waals surface area contributed by atoms with Crippen molar-refractivity contribution in [2.45, 2.75) is 39.5 Å². The van der Waals surface area contributed by atoms with Crippen LogP contribution in [0.1, 0.15) is 45.2 Å². The quantitative estimate of drug-likeness (QED) is 0.777. The number of fused-ring (bicyclic) bond motifs is 1. The number of benzene rings is 1. The highest BCUT2D eigenvalue weighted by atomic mass is 32.2. The van der Waals surface area contributed by atoms with E-state index >= 15 is 0 Å². The number of carbonyl (C=O) groups is 1. The van der Waals surface area contributed by atoms with E-state index in [1.807, 2.05) is 20.9 Å². The lowest BCUT2D eigenvalue weighted by atomic mass is 9.86. The highest BCUT2D eigenvalue weighted by Crippen LogP contribution is 2.44. The predicted octanol–water partition coefficient (Wildman–Crippen LogP) is 4.23. The molecule has 0 saturated heterocycles. The molecule has 1 aromatic rings. The Labute approximate surface area is 136 Å². The first-order chi connectivity index (χ1) is 10.3. The molecule has 0 atom stereocenters. The van der Waals surface area contributed by atoms with Crippen molar-refractivity contribution in [2.75, 3.05) is 18.5 Å². The summed E-state index contributed by atoms with van der Waals surface area (Å²) in [4.78, 5) is 20.1. The fraction of sp³-hybridized carbons (Fsp3) is 0.444. The van der Waals surface area contributed by atoms with Crippen LogP contribution in [0.4, 0.5) is 5.69 Å². The SMILES string of the molecule is CC1=NCCC(C)=C(c2ccc3c(c2)N(C)C(=O)C3(C)C)S1. The van der Waals surface area contributed by atoms with Crippen LogP contribution in [0.15, 0.2) is 28.8 Å². The third kappa shape index (κ3) is 2.30. The lowest BCUT2D eigenvalue weighted by molar-refractivity contribution is -0.121. The average Bonchev–Trinajstić information content (AvgIpc) is 2.61. The zero-order valence-electron chi connectivity index (χ0n) is 13.9. The maximum atomic E-state index is 12.4. The van der Waals surface area contributed by atoms with E-state index in [2.05, 4.69) is 37.0 Å². The van der Waals surface area contributed by atoms with E-state index in [1.165, 1.54) is 16.0 Å². The van der Waals surface area contributed by atoms with Crippen molar-refractivity contribution < 1.29 is 4.79 Å². The molecule has 116 valence electrons. The van der Waals surface area contributed by atoms with Gasteiger partial charge in [-0.1, -0.05) is 29.5 Å². The molecular weight excluding hydrogens is 292 g/mol. The second-order valence-electron chi connectivity index (χ2n) is 6.58. The summed E-state index contributed by atoms with van der Waals surface area (Å²) >= 11 is 1.74. The van der Waals surface area contributed by atoms with Crippen molar-refractivity contribution >= 4 is 33.3 Å². The second kappa shape index (κ2) is 5.27. The molecule has 0 aromatic heterocycles. The summed E-state index contributed by atoms with van der Waals surface area (Å²) < 4.78 is 0. The van der Waals surface area contributed by atoms with Crippen LogP contribution in [-0.2, 0) is 10.2 Å². The van der Waals surface area contributed by atoms with E-state index in [0.717, 1.165) is 29.3 Å². The zero-order valence-corrected chi connectivity index (χ0v) is 14.7. The summed E-state index contributed by atoms with van der Waals surface area (Å²) in [6.07, 6.45) is 0.997. The monoisotopic (exact) mass is 314 g/mol. The van der Waals surface area contributed by atoms with Gasteiger partial charge in [0.2, 0.25) is 5.91 Å². The van der Waals surface area contributed by atoms with Crippen molar-refractivity contribution in [3.05, 3.63) is 34.9 Å². The summed E-state index contributed by atoms with van der Waals surface area (Å²) in [5.41, 5.74) is 4.28. The van der Waals surface area contributed by atoms with Gasteiger partial charge in [0.15, 0.2) is 0 Å². The van der Waals surface area contributed by atoms with E-state index in [-0.39, 0.29) is 5.91 Å². The summed E-state index contributed by atoms with van der Waals surface area (Å²) in [6.45, 7) is 9.11. The highest BCUT2D eigenvalue weighted by molar-refractivity contribution is 8.21. The van der Waals surface area contributed by atoms with E-state index in [9.17, 15) is 4.79 Å². The van der Waals surface area contributed by atoms with Crippen LogP contribution >= 0.6 is 11.8 Å². The molecule has 3 rings (SSSR count). The molecule has 0 fully saturated rings. The molecular formula is C18H22N2OS. The molecule has 4 heteroatoms. The first-order valence-corrected chi connectivity index (χ1v) is 8.45. The molecule has 2 aliphatic rings. The standard InChI is InChI=1S/C18H22N2OS/c1-11-8-9-19-12(2)22-16(11)13-6-7-14-15(10-13)20(5)17(21)18(14,3)4/h6-7,10H,8-9H2,1-5H3. The number of hydrogen-bond acceptors (Lipinski definition) is 3. The Kier molecular flexibility index (Phi) is 3.68. The molecule has 1 amide bonds. The van der Waals surface area contributed by atoms with Gasteiger partial charge in [0.1, 0.15) is 0 Å². The van der Waals surface area contributed by atoms with Crippen LogP contribution in [0.2, 0.25) is 0 Å². The Hall–Kier alpha value is -1.55. The molecule has 0 aliphatic carbocycles. The fourth-order valence-corrected chi connectivity index (χ4v) is 4.16. The van der Waals surface area contributed by atoms with Crippen molar-refractivity contribution in [3.63, 3.8) is 0 Å². The number of nitrogens with zero attached hydrogens (tertiary/aromatic N) is 2. The van der Waals surface area contributed by atoms with Crippen molar-refractivity contribution in [1.29, 1.82) is 0 Å². The first-order valence-electron chi connectivity index (χ1n) is 7.64. The van der Waals surface area contributed by atoms with Crippen molar-refractivity contribution in [2.24, 2.45) is 4.99 Å². The van der Waals surface area contributed by atoms with Gasteiger partial charge in [0, 0.05) is 24.2 Å². The number of amides is 1.